The Labute approximate surface area is 74.0 Å². The maximum Gasteiger partial charge on any atom is 0.300 e. The van der Waals surface area contributed by atoms with Crippen LogP contribution in [0.1, 0.15) is 21.3 Å². The lowest BCUT2D eigenvalue weighted by Crippen LogP contribution is -2.11. The van der Waals surface area contributed by atoms with Crippen LogP contribution >= 0.6 is 0 Å². The van der Waals surface area contributed by atoms with E-state index in [0.29, 0.717) is 0 Å². The summed E-state index contributed by atoms with van der Waals surface area (Å²) in [6, 6.07) is 0. The molecule has 0 spiro atoms. The second-order valence-electron chi connectivity index (χ2n) is 1.33. The van der Waals surface area contributed by atoms with Crippen LogP contribution in [0.25, 0.3) is 0 Å². The molecule has 0 atom stereocenters. The van der Waals surface area contributed by atoms with Crippen molar-refractivity contribution in [2.45, 2.75) is 21.3 Å². The molecule has 0 bridgehead atoms. The van der Waals surface area contributed by atoms with Gasteiger partial charge in [-0.25, -0.2) is 0 Å². The highest BCUT2D eigenvalue weighted by Crippen LogP contribution is 1.45. The molecule has 0 saturated carbocycles. The van der Waals surface area contributed by atoms with Crippen LogP contribution in [0.2, 0.25) is 0 Å². The highest BCUT2D eigenvalue weighted by molar-refractivity contribution is 5.72. The van der Waals surface area contributed by atoms with Crippen molar-refractivity contribution in [1.29, 1.82) is 0 Å². The van der Waals surface area contributed by atoms with Gasteiger partial charge in [-0.15, -0.1) is 0 Å². The average Bonchev–Trinajstić information content (AvgIpc) is 1.91. The van der Waals surface area contributed by atoms with Gasteiger partial charge in [0, 0.05) is 20.9 Å². The van der Waals surface area contributed by atoms with Crippen LogP contribution in [0.3, 0.4) is 0 Å². The van der Waals surface area contributed by atoms with E-state index in [9.17, 15) is 4.79 Å². The van der Waals surface area contributed by atoms with E-state index < -0.39 is 5.97 Å². The number of carbonyl (C=O) groups excluding carboxylic acids is 1. The van der Waals surface area contributed by atoms with Gasteiger partial charge < -0.3 is 16.2 Å². The van der Waals surface area contributed by atoms with Crippen molar-refractivity contribution in [2.24, 2.45) is 5.73 Å². The molecular formula is C7H20N2O3. The van der Waals surface area contributed by atoms with E-state index in [-0.39, 0.29) is 13.3 Å². The Morgan fingerprint density at radius 3 is 1.33 bits per heavy atom. The first-order chi connectivity index (χ1) is 5.00. The predicted molar refractivity (Wildman–Crippen MR) is 49.9 cm³/mol. The zero-order valence-electron chi connectivity index (χ0n) is 7.34. The first-order valence-corrected chi connectivity index (χ1v) is 2.96. The third kappa shape index (κ3) is 686. The second-order valence-corrected chi connectivity index (χ2v) is 1.33. The topological polar surface area (TPSA) is 92.4 Å². The smallest absolute Gasteiger partial charge is 0.300 e. The number of amides is 1. The lowest BCUT2D eigenvalue weighted by atomic mass is 10.7. The van der Waals surface area contributed by atoms with Crippen LogP contribution in [-0.2, 0) is 9.59 Å². The Morgan fingerprint density at radius 1 is 1.25 bits per heavy atom. The fourth-order valence-corrected chi connectivity index (χ4v) is 0. The Bertz CT molecular complexity index is 101. The number of nitrogens with one attached hydrogen (secondary N) is 1. The summed E-state index contributed by atoms with van der Waals surface area (Å²) >= 11 is 0. The minimum Gasteiger partial charge on any atom is -0.481 e. The first kappa shape index (κ1) is 22.4. The summed E-state index contributed by atoms with van der Waals surface area (Å²) in [4.78, 5) is 18.7. The molecule has 0 heterocycles. The van der Waals surface area contributed by atoms with Crippen LogP contribution in [-0.4, -0.2) is 31.1 Å². The molecule has 0 fully saturated rings. The van der Waals surface area contributed by atoms with Gasteiger partial charge >= 0.3 is 0 Å². The van der Waals surface area contributed by atoms with Gasteiger partial charge in [-0.1, -0.05) is 7.43 Å². The zero-order valence-corrected chi connectivity index (χ0v) is 7.34. The summed E-state index contributed by atoms with van der Waals surface area (Å²) in [7, 11) is 3.10. The van der Waals surface area contributed by atoms with Crippen molar-refractivity contribution in [1.82, 2.24) is 5.32 Å². The molecule has 0 radical (unpaired) electrons. The summed E-state index contributed by atoms with van der Waals surface area (Å²) in [5.74, 6) is -0.829. The molecule has 0 saturated heterocycles. The molecule has 4 N–H and O–H groups in total. The number of nitrogens with two attached hydrogens (primary N) is 1. The number of carboxylic acids is 1. The monoisotopic (exact) mass is 180 g/mol. The first-order valence-electron chi connectivity index (χ1n) is 2.96. The van der Waals surface area contributed by atoms with Gasteiger partial charge in [-0.3, -0.25) is 9.59 Å². The zero-order chi connectivity index (χ0) is 9.86. The molecule has 5 nitrogen and oxygen atoms in total. The Morgan fingerprint density at radius 2 is 1.33 bits per heavy atom. The minimum atomic E-state index is -0.833. The fraction of sp³-hybridized carbons (Fsp3) is 0.714. The molecule has 0 unspecified atom stereocenters. The second kappa shape index (κ2) is 22.5. The molecule has 0 aromatic carbocycles. The van der Waals surface area contributed by atoms with E-state index in [2.05, 4.69) is 11.1 Å². The van der Waals surface area contributed by atoms with Gasteiger partial charge in [-0.2, -0.15) is 0 Å². The molecule has 5 heteroatoms. The molecular weight excluding hydrogens is 160 g/mol. The predicted octanol–water partition coefficient (Wildman–Crippen LogP) is 0.0542. The molecule has 0 aliphatic heterocycles. The van der Waals surface area contributed by atoms with Crippen molar-refractivity contribution in [3.8, 4) is 0 Å². The highest BCUT2D eigenvalue weighted by atomic mass is 16.4. The number of carbonyl (C=O) groups is 2. The van der Waals surface area contributed by atoms with Gasteiger partial charge in [0.1, 0.15) is 0 Å². The molecule has 0 aliphatic carbocycles. The summed E-state index contributed by atoms with van der Waals surface area (Å²) in [5.41, 5.74) is 4.50. The van der Waals surface area contributed by atoms with Crippen LogP contribution in [0.15, 0.2) is 0 Å². The van der Waals surface area contributed by atoms with Gasteiger partial charge in [0.15, 0.2) is 0 Å². The van der Waals surface area contributed by atoms with Gasteiger partial charge in [-0.05, 0) is 7.05 Å². The number of hydrogen-bond acceptors (Lipinski definition) is 3. The Hall–Kier alpha value is -1.10. The van der Waals surface area contributed by atoms with Crippen molar-refractivity contribution < 1.29 is 14.7 Å². The van der Waals surface area contributed by atoms with Gasteiger partial charge in [0.05, 0.1) is 0 Å². The number of hydrogen-bond donors (Lipinski definition) is 3. The van der Waals surface area contributed by atoms with E-state index >= 15 is 0 Å². The third-order valence-corrected chi connectivity index (χ3v) is 0.352. The van der Waals surface area contributed by atoms with Gasteiger partial charge in [0.2, 0.25) is 5.91 Å². The summed E-state index contributed by atoms with van der Waals surface area (Å²) in [5, 5.41) is 9.81. The lowest BCUT2D eigenvalue weighted by Gasteiger charge is -1.80. The van der Waals surface area contributed by atoms with Crippen molar-refractivity contribution in [3.63, 3.8) is 0 Å². The van der Waals surface area contributed by atoms with E-state index in [4.69, 9.17) is 9.90 Å². The fourth-order valence-electron chi connectivity index (χ4n) is 0. The number of carboxylic acid groups (broad SMARTS) is 1. The molecule has 0 aromatic heterocycles. The Balaban J connectivity index is -0.0000000419. The maximum atomic E-state index is 9.70. The number of rotatable bonds is 0. The highest BCUT2D eigenvalue weighted by Gasteiger charge is 1.72. The van der Waals surface area contributed by atoms with Crippen LogP contribution in [0, 0.1) is 0 Å². The molecule has 12 heavy (non-hydrogen) atoms. The van der Waals surface area contributed by atoms with Crippen molar-refractivity contribution in [3.05, 3.63) is 0 Å². The van der Waals surface area contributed by atoms with E-state index in [0.717, 1.165) is 6.92 Å². The van der Waals surface area contributed by atoms with Gasteiger partial charge in [0.25, 0.3) is 5.97 Å². The SMILES string of the molecule is C.CC(=O)O.CN.CNC(C)=O. The molecule has 0 rings (SSSR count). The van der Waals surface area contributed by atoms with E-state index in [1.807, 2.05) is 0 Å². The van der Waals surface area contributed by atoms with Crippen LogP contribution in [0.5, 0.6) is 0 Å². The largest absolute Gasteiger partial charge is 0.481 e. The summed E-state index contributed by atoms with van der Waals surface area (Å²) < 4.78 is 0. The van der Waals surface area contributed by atoms with Crippen LogP contribution in [0.4, 0.5) is 0 Å². The van der Waals surface area contributed by atoms with E-state index in [1.165, 1.54) is 14.0 Å². The lowest BCUT2D eigenvalue weighted by molar-refractivity contribution is -0.134. The van der Waals surface area contributed by atoms with Crippen molar-refractivity contribution >= 4 is 11.9 Å². The number of aliphatic carboxylic acids is 1. The normalized spacial score (nSPS) is 5.42. The molecule has 76 valence electrons. The molecule has 0 aromatic rings. The summed E-state index contributed by atoms with van der Waals surface area (Å²) in [6.45, 7) is 2.56. The minimum absolute atomic E-state index is 0. The quantitative estimate of drug-likeness (QED) is 0.491. The average molecular weight is 180 g/mol. The molecule has 1 amide bonds. The maximum absolute atomic E-state index is 9.70. The third-order valence-electron chi connectivity index (χ3n) is 0.352. The van der Waals surface area contributed by atoms with Crippen molar-refractivity contribution in [2.75, 3.05) is 14.1 Å². The van der Waals surface area contributed by atoms with Crippen LogP contribution < -0.4 is 11.1 Å². The van der Waals surface area contributed by atoms with E-state index in [1.54, 1.807) is 7.05 Å². The standard InChI is InChI=1S/C3H7NO.C2H4O2.CH5N.CH4/c1-3(5)4-2;1-2(3)4;1-2;/h1-2H3,(H,4,5);1H3,(H,3,4);2H2,1H3;1H4. The molecule has 0 aliphatic rings. The Kier molecular flexibility index (Phi) is 42.1. The summed E-state index contributed by atoms with van der Waals surface area (Å²) in [6.07, 6.45) is 0.